The van der Waals surface area contributed by atoms with E-state index in [4.69, 9.17) is 9.84 Å². The summed E-state index contributed by atoms with van der Waals surface area (Å²) in [4.78, 5) is 21.3. The molecule has 0 spiro atoms. The van der Waals surface area contributed by atoms with Gasteiger partial charge < -0.3 is 9.84 Å². The molecule has 0 aromatic rings. The van der Waals surface area contributed by atoms with Crippen LogP contribution in [0.5, 0.6) is 0 Å². The van der Waals surface area contributed by atoms with Crippen LogP contribution in [-0.2, 0) is 14.3 Å². The quantitative estimate of drug-likeness (QED) is 0.479. The Labute approximate surface area is 90.1 Å². The predicted molar refractivity (Wildman–Crippen MR) is 55.6 cm³/mol. The first-order valence-electron chi connectivity index (χ1n) is 3.56. The van der Waals surface area contributed by atoms with Crippen molar-refractivity contribution < 1.29 is 19.4 Å². The standard InChI is InChI=1S/C8H11IO4/c1-8(2,3)13-7(12)5(9)4-6(10)11/h4H,1-3H3,(H,10,11)/b5-4+. The molecule has 74 valence electrons. The minimum atomic E-state index is -1.16. The second kappa shape index (κ2) is 4.59. The van der Waals surface area contributed by atoms with Crippen LogP contribution in [-0.4, -0.2) is 22.6 Å². The highest BCUT2D eigenvalue weighted by Gasteiger charge is 2.18. The Bertz CT molecular complexity index is 249. The number of carboxylic acids is 1. The summed E-state index contributed by atoms with van der Waals surface area (Å²) in [6.45, 7) is 5.15. The number of aliphatic carboxylic acids is 1. The molecule has 0 unspecified atom stereocenters. The summed E-state index contributed by atoms with van der Waals surface area (Å²) in [7, 11) is 0. The number of rotatable bonds is 2. The lowest BCUT2D eigenvalue weighted by Gasteiger charge is -2.18. The van der Waals surface area contributed by atoms with Gasteiger partial charge in [-0.05, 0) is 43.4 Å². The molecule has 1 N–H and O–H groups in total. The number of hydrogen-bond acceptors (Lipinski definition) is 3. The summed E-state index contributed by atoms with van der Waals surface area (Å²) in [6.07, 6.45) is 0.814. The highest BCUT2D eigenvalue weighted by molar-refractivity contribution is 14.1. The lowest BCUT2D eigenvalue weighted by molar-refractivity contribution is -0.149. The second-order valence-corrected chi connectivity index (χ2v) is 4.49. The van der Waals surface area contributed by atoms with Gasteiger partial charge in [0.2, 0.25) is 0 Å². The van der Waals surface area contributed by atoms with Gasteiger partial charge in [-0.2, -0.15) is 0 Å². The van der Waals surface area contributed by atoms with Crippen LogP contribution < -0.4 is 0 Å². The van der Waals surface area contributed by atoms with Gasteiger partial charge in [0, 0.05) is 6.08 Å². The van der Waals surface area contributed by atoms with Crippen molar-refractivity contribution in [3.05, 3.63) is 9.66 Å². The lowest BCUT2D eigenvalue weighted by atomic mass is 10.2. The van der Waals surface area contributed by atoms with Crippen molar-refractivity contribution in [3.8, 4) is 0 Å². The van der Waals surface area contributed by atoms with E-state index in [9.17, 15) is 9.59 Å². The molecule has 0 aromatic heterocycles. The Hall–Kier alpha value is -0.590. The molecule has 0 aromatic carbocycles. The molecule has 0 heterocycles. The molecule has 0 atom stereocenters. The van der Waals surface area contributed by atoms with Gasteiger partial charge in [0.05, 0.1) is 0 Å². The molecule has 0 fully saturated rings. The molecule has 0 saturated carbocycles. The van der Waals surface area contributed by atoms with Gasteiger partial charge in [0.15, 0.2) is 0 Å². The highest BCUT2D eigenvalue weighted by atomic mass is 127. The lowest BCUT2D eigenvalue weighted by Crippen LogP contribution is -2.24. The first-order chi connectivity index (χ1) is 5.72. The predicted octanol–water partition coefficient (Wildman–Crippen LogP) is 1.73. The van der Waals surface area contributed by atoms with E-state index in [1.165, 1.54) is 0 Å². The average molecular weight is 298 g/mol. The molecule has 0 saturated heterocycles. The maximum absolute atomic E-state index is 11.1. The van der Waals surface area contributed by atoms with E-state index in [2.05, 4.69) is 0 Å². The van der Waals surface area contributed by atoms with Crippen LogP contribution in [0.25, 0.3) is 0 Å². The SMILES string of the molecule is CC(C)(C)OC(=O)/C(I)=C\C(=O)O. The summed E-state index contributed by atoms with van der Waals surface area (Å²) in [5.41, 5.74) is -0.597. The number of hydrogen-bond donors (Lipinski definition) is 1. The molecule has 0 radical (unpaired) electrons. The number of carbonyl (C=O) groups is 2. The average Bonchev–Trinajstić information content (AvgIpc) is 1.81. The van der Waals surface area contributed by atoms with Gasteiger partial charge in [0.1, 0.15) is 9.18 Å². The smallest absolute Gasteiger partial charge is 0.345 e. The molecule has 5 heteroatoms. The molecule has 4 nitrogen and oxygen atoms in total. The molecular formula is C8H11IO4. The fraction of sp³-hybridized carbons (Fsp3) is 0.500. The number of halogens is 1. The summed E-state index contributed by atoms with van der Waals surface area (Å²) in [6, 6.07) is 0. The van der Waals surface area contributed by atoms with Crippen molar-refractivity contribution in [1.29, 1.82) is 0 Å². The summed E-state index contributed by atoms with van der Waals surface area (Å²) in [5.74, 6) is -1.77. The minimum Gasteiger partial charge on any atom is -0.478 e. The van der Waals surface area contributed by atoms with Crippen molar-refractivity contribution in [1.82, 2.24) is 0 Å². The normalized spacial score (nSPS) is 12.5. The molecule has 0 aliphatic carbocycles. The van der Waals surface area contributed by atoms with Crippen molar-refractivity contribution >= 4 is 34.5 Å². The Morgan fingerprint density at radius 3 is 2.15 bits per heavy atom. The first kappa shape index (κ1) is 12.4. The zero-order chi connectivity index (χ0) is 10.6. The summed E-state index contributed by atoms with van der Waals surface area (Å²) < 4.78 is 4.98. The third kappa shape index (κ3) is 6.56. The van der Waals surface area contributed by atoms with Crippen LogP contribution >= 0.6 is 22.6 Å². The number of ether oxygens (including phenoxy) is 1. The molecule has 13 heavy (non-hydrogen) atoms. The second-order valence-electron chi connectivity index (χ2n) is 3.33. The van der Waals surface area contributed by atoms with Crippen molar-refractivity contribution in [2.45, 2.75) is 26.4 Å². The fourth-order valence-corrected chi connectivity index (χ4v) is 0.871. The van der Waals surface area contributed by atoms with E-state index in [-0.39, 0.29) is 3.58 Å². The first-order valence-corrected chi connectivity index (χ1v) is 4.64. The van der Waals surface area contributed by atoms with Crippen LogP contribution in [0, 0.1) is 0 Å². The number of carboxylic acid groups (broad SMARTS) is 1. The van der Waals surface area contributed by atoms with E-state index in [1.807, 2.05) is 0 Å². The summed E-state index contributed by atoms with van der Waals surface area (Å²) >= 11 is 1.63. The van der Waals surface area contributed by atoms with Gasteiger partial charge in [-0.25, -0.2) is 9.59 Å². The van der Waals surface area contributed by atoms with Crippen LogP contribution in [0.1, 0.15) is 20.8 Å². The Kier molecular flexibility index (Phi) is 4.38. The zero-order valence-electron chi connectivity index (χ0n) is 7.63. The van der Waals surface area contributed by atoms with Crippen molar-refractivity contribution in [2.75, 3.05) is 0 Å². The molecule has 0 rings (SSSR count). The van der Waals surface area contributed by atoms with Crippen LogP contribution in [0.2, 0.25) is 0 Å². The Morgan fingerprint density at radius 1 is 1.38 bits per heavy atom. The van der Waals surface area contributed by atoms with Crippen molar-refractivity contribution in [3.63, 3.8) is 0 Å². The third-order valence-electron chi connectivity index (χ3n) is 0.844. The Balaban J connectivity index is 4.37. The van der Waals surface area contributed by atoms with Gasteiger partial charge in [-0.1, -0.05) is 0 Å². The minimum absolute atomic E-state index is 0.0556. The van der Waals surface area contributed by atoms with Gasteiger partial charge in [-0.3, -0.25) is 0 Å². The van der Waals surface area contributed by atoms with E-state index < -0.39 is 17.5 Å². The monoisotopic (exact) mass is 298 g/mol. The zero-order valence-corrected chi connectivity index (χ0v) is 9.78. The number of esters is 1. The largest absolute Gasteiger partial charge is 0.478 e. The maximum atomic E-state index is 11.1. The van der Waals surface area contributed by atoms with Gasteiger partial charge in [-0.15, -0.1) is 0 Å². The molecule has 0 amide bonds. The van der Waals surface area contributed by atoms with Crippen LogP contribution in [0.3, 0.4) is 0 Å². The van der Waals surface area contributed by atoms with Crippen LogP contribution in [0.4, 0.5) is 0 Å². The molecular weight excluding hydrogens is 287 g/mol. The number of carbonyl (C=O) groups excluding carboxylic acids is 1. The van der Waals surface area contributed by atoms with E-state index >= 15 is 0 Å². The fourth-order valence-electron chi connectivity index (χ4n) is 0.494. The molecule has 0 aliphatic rings. The van der Waals surface area contributed by atoms with E-state index in [1.54, 1.807) is 43.4 Å². The van der Waals surface area contributed by atoms with Crippen molar-refractivity contribution in [2.24, 2.45) is 0 Å². The molecule has 0 bridgehead atoms. The molecule has 0 aliphatic heterocycles. The van der Waals surface area contributed by atoms with E-state index in [0.717, 1.165) is 6.08 Å². The van der Waals surface area contributed by atoms with Gasteiger partial charge >= 0.3 is 11.9 Å². The van der Waals surface area contributed by atoms with Gasteiger partial charge in [0.25, 0.3) is 0 Å². The highest BCUT2D eigenvalue weighted by Crippen LogP contribution is 2.14. The Morgan fingerprint density at radius 2 is 1.85 bits per heavy atom. The third-order valence-corrected chi connectivity index (χ3v) is 1.60. The topological polar surface area (TPSA) is 63.6 Å². The van der Waals surface area contributed by atoms with Crippen LogP contribution in [0.15, 0.2) is 9.66 Å². The maximum Gasteiger partial charge on any atom is 0.345 e. The van der Waals surface area contributed by atoms with E-state index in [0.29, 0.717) is 0 Å². The summed E-state index contributed by atoms with van der Waals surface area (Å²) in [5, 5.41) is 8.34.